The Morgan fingerprint density at radius 3 is 2.78 bits per heavy atom. The Morgan fingerprint density at radius 1 is 1.28 bits per heavy atom. The molecule has 3 aliphatic rings. The van der Waals surface area contributed by atoms with Crippen LogP contribution in [-0.4, -0.2) is 30.2 Å². The molecule has 1 aliphatic carbocycles. The molecule has 3 fully saturated rings. The summed E-state index contributed by atoms with van der Waals surface area (Å²) < 4.78 is 5.78. The van der Waals surface area contributed by atoms with Crippen LogP contribution in [0.3, 0.4) is 0 Å². The maximum atomic E-state index is 12.3. The first kappa shape index (κ1) is 12.4. The normalized spacial score (nSPS) is 47.2. The highest BCUT2D eigenvalue weighted by Gasteiger charge is 2.43. The lowest BCUT2D eigenvalue weighted by Crippen LogP contribution is -2.51. The molecule has 3 N–H and O–H groups in total. The predicted octanol–water partition coefficient (Wildman–Crippen LogP) is 1.19. The third-order valence-electron chi connectivity index (χ3n) is 5.07. The summed E-state index contributed by atoms with van der Waals surface area (Å²) in [4.78, 5) is 12.3. The van der Waals surface area contributed by atoms with Crippen LogP contribution in [0.25, 0.3) is 0 Å². The van der Waals surface area contributed by atoms with Gasteiger partial charge in [-0.1, -0.05) is 13.3 Å². The maximum absolute atomic E-state index is 12.3. The molecule has 102 valence electrons. The number of nitrogens with two attached hydrogens (primary N) is 1. The number of ether oxygens (including phenoxy) is 1. The first-order chi connectivity index (χ1) is 8.65. The standard InChI is InChI=1S/C14H24N2O2/c1-8-3-2-4-10(13(8)15)14(17)16-11-7-9-5-6-12(11)18-9/h8-13H,2-7,15H2,1H3,(H,16,17). The van der Waals surface area contributed by atoms with E-state index in [4.69, 9.17) is 10.5 Å². The molecule has 1 amide bonds. The van der Waals surface area contributed by atoms with Crippen LogP contribution in [0.15, 0.2) is 0 Å². The van der Waals surface area contributed by atoms with E-state index in [0.717, 1.165) is 38.5 Å². The van der Waals surface area contributed by atoms with Crippen LogP contribution in [0.1, 0.15) is 45.4 Å². The fraction of sp³-hybridized carbons (Fsp3) is 0.929. The molecule has 18 heavy (non-hydrogen) atoms. The highest BCUT2D eigenvalue weighted by Crippen LogP contribution is 2.35. The van der Waals surface area contributed by atoms with E-state index < -0.39 is 0 Å². The van der Waals surface area contributed by atoms with Gasteiger partial charge in [0.15, 0.2) is 0 Å². The van der Waals surface area contributed by atoms with Crippen molar-refractivity contribution in [2.75, 3.05) is 0 Å². The van der Waals surface area contributed by atoms with E-state index >= 15 is 0 Å². The van der Waals surface area contributed by atoms with Gasteiger partial charge in [0.25, 0.3) is 0 Å². The average Bonchev–Trinajstić information content (AvgIpc) is 2.94. The lowest BCUT2D eigenvalue weighted by Gasteiger charge is -2.34. The van der Waals surface area contributed by atoms with E-state index in [2.05, 4.69) is 12.2 Å². The van der Waals surface area contributed by atoms with Gasteiger partial charge < -0.3 is 15.8 Å². The van der Waals surface area contributed by atoms with E-state index in [-0.39, 0.29) is 30.0 Å². The molecular weight excluding hydrogens is 228 g/mol. The Labute approximate surface area is 109 Å². The number of hydrogen-bond donors (Lipinski definition) is 2. The number of hydrogen-bond acceptors (Lipinski definition) is 3. The van der Waals surface area contributed by atoms with Crippen molar-refractivity contribution < 1.29 is 9.53 Å². The molecule has 0 spiro atoms. The zero-order valence-electron chi connectivity index (χ0n) is 11.1. The number of amides is 1. The SMILES string of the molecule is CC1CCCC(C(=O)NC2CC3CCC2O3)C1N. The third-order valence-corrected chi connectivity index (χ3v) is 5.07. The molecule has 6 unspecified atom stereocenters. The minimum atomic E-state index is 0.00729. The van der Waals surface area contributed by atoms with Gasteiger partial charge in [-0.15, -0.1) is 0 Å². The van der Waals surface area contributed by atoms with E-state index in [1.807, 2.05) is 0 Å². The number of carbonyl (C=O) groups is 1. The van der Waals surface area contributed by atoms with Gasteiger partial charge in [0.1, 0.15) is 0 Å². The van der Waals surface area contributed by atoms with Gasteiger partial charge >= 0.3 is 0 Å². The highest BCUT2D eigenvalue weighted by atomic mass is 16.5. The summed E-state index contributed by atoms with van der Waals surface area (Å²) in [6.45, 7) is 2.16. The summed E-state index contributed by atoms with van der Waals surface area (Å²) in [5.41, 5.74) is 6.18. The van der Waals surface area contributed by atoms with Crippen LogP contribution in [0.4, 0.5) is 0 Å². The van der Waals surface area contributed by atoms with Crippen molar-refractivity contribution in [3.63, 3.8) is 0 Å². The van der Waals surface area contributed by atoms with Crippen molar-refractivity contribution in [3.8, 4) is 0 Å². The summed E-state index contributed by atoms with van der Waals surface area (Å²) in [5, 5.41) is 3.19. The fourth-order valence-corrected chi connectivity index (χ4v) is 3.83. The summed E-state index contributed by atoms with van der Waals surface area (Å²) in [6, 6.07) is 0.263. The Kier molecular flexibility index (Phi) is 3.32. The van der Waals surface area contributed by atoms with E-state index in [9.17, 15) is 4.79 Å². The van der Waals surface area contributed by atoms with Gasteiger partial charge in [-0.3, -0.25) is 4.79 Å². The van der Waals surface area contributed by atoms with Crippen molar-refractivity contribution >= 4 is 5.91 Å². The predicted molar refractivity (Wildman–Crippen MR) is 68.9 cm³/mol. The second-order valence-corrected chi connectivity index (χ2v) is 6.32. The van der Waals surface area contributed by atoms with Gasteiger partial charge in [-0.05, 0) is 38.0 Å². The van der Waals surface area contributed by atoms with Gasteiger partial charge in [0, 0.05) is 6.04 Å². The van der Waals surface area contributed by atoms with Gasteiger partial charge in [-0.25, -0.2) is 0 Å². The first-order valence-corrected chi connectivity index (χ1v) is 7.36. The molecule has 1 saturated carbocycles. The van der Waals surface area contributed by atoms with Crippen molar-refractivity contribution in [3.05, 3.63) is 0 Å². The van der Waals surface area contributed by atoms with Crippen LogP contribution in [-0.2, 0) is 9.53 Å². The van der Waals surface area contributed by atoms with Crippen LogP contribution < -0.4 is 11.1 Å². The molecule has 0 radical (unpaired) electrons. The summed E-state index contributed by atoms with van der Waals surface area (Å²) in [7, 11) is 0. The zero-order chi connectivity index (χ0) is 12.7. The second-order valence-electron chi connectivity index (χ2n) is 6.32. The molecule has 6 atom stereocenters. The minimum absolute atomic E-state index is 0.00729. The molecule has 0 aromatic carbocycles. The average molecular weight is 252 g/mol. The summed E-state index contributed by atoms with van der Waals surface area (Å²) in [6.07, 6.45) is 7.13. The quantitative estimate of drug-likeness (QED) is 0.776. The van der Waals surface area contributed by atoms with Crippen molar-refractivity contribution in [1.29, 1.82) is 0 Å². The molecule has 2 bridgehead atoms. The van der Waals surface area contributed by atoms with Crippen molar-refractivity contribution in [2.24, 2.45) is 17.6 Å². The largest absolute Gasteiger partial charge is 0.373 e. The van der Waals surface area contributed by atoms with Gasteiger partial charge in [-0.2, -0.15) is 0 Å². The summed E-state index contributed by atoms with van der Waals surface area (Å²) >= 11 is 0. The maximum Gasteiger partial charge on any atom is 0.224 e. The van der Waals surface area contributed by atoms with Crippen LogP contribution in [0.5, 0.6) is 0 Å². The van der Waals surface area contributed by atoms with Crippen LogP contribution >= 0.6 is 0 Å². The molecule has 2 saturated heterocycles. The number of fused-ring (bicyclic) bond motifs is 2. The molecule has 0 aromatic heterocycles. The number of rotatable bonds is 2. The Hall–Kier alpha value is -0.610. The lowest BCUT2D eigenvalue weighted by molar-refractivity contribution is -0.128. The Balaban J connectivity index is 1.58. The first-order valence-electron chi connectivity index (χ1n) is 7.36. The smallest absolute Gasteiger partial charge is 0.224 e. The molecule has 0 aromatic rings. The molecule has 2 aliphatic heterocycles. The van der Waals surface area contributed by atoms with E-state index in [1.165, 1.54) is 0 Å². The molecule has 4 nitrogen and oxygen atoms in total. The monoisotopic (exact) mass is 252 g/mol. The molecule has 4 heteroatoms. The number of nitrogens with one attached hydrogen (secondary N) is 1. The van der Waals surface area contributed by atoms with Crippen molar-refractivity contribution in [2.45, 2.75) is 69.7 Å². The summed E-state index contributed by atoms with van der Waals surface area (Å²) in [5.74, 6) is 0.633. The van der Waals surface area contributed by atoms with Crippen LogP contribution in [0, 0.1) is 11.8 Å². The zero-order valence-corrected chi connectivity index (χ0v) is 11.1. The second kappa shape index (κ2) is 4.82. The Bertz CT molecular complexity index is 334. The molecule has 3 rings (SSSR count). The van der Waals surface area contributed by atoms with E-state index in [0.29, 0.717) is 12.0 Å². The van der Waals surface area contributed by atoms with Crippen LogP contribution in [0.2, 0.25) is 0 Å². The Morgan fingerprint density at radius 2 is 2.11 bits per heavy atom. The van der Waals surface area contributed by atoms with E-state index in [1.54, 1.807) is 0 Å². The minimum Gasteiger partial charge on any atom is -0.373 e. The lowest BCUT2D eigenvalue weighted by atomic mass is 9.77. The topological polar surface area (TPSA) is 64.3 Å². The molecule has 2 heterocycles. The third kappa shape index (κ3) is 2.16. The van der Waals surface area contributed by atoms with Gasteiger partial charge in [0.05, 0.1) is 24.2 Å². The van der Waals surface area contributed by atoms with Gasteiger partial charge in [0.2, 0.25) is 5.91 Å². The highest BCUT2D eigenvalue weighted by molar-refractivity contribution is 5.80. The van der Waals surface area contributed by atoms with Crippen molar-refractivity contribution in [1.82, 2.24) is 5.32 Å². The molecular formula is C14H24N2O2. The number of carbonyl (C=O) groups excluding carboxylic acids is 1. The fourth-order valence-electron chi connectivity index (χ4n) is 3.83.